The summed E-state index contributed by atoms with van der Waals surface area (Å²) in [4.78, 5) is 22.0. The summed E-state index contributed by atoms with van der Waals surface area (Å²) in [6.45, 7) is 4.67. The van der Waals surface area contributed by atoms with Gasteiger partial charge in [0, 0.05) is 32.3 Å². The SMILES string of the molecule is CCNC(=NCc1ccc(Oc2cccnc2)c(F)c1)N1CCCC(CC(N)=O)C1. The molecule has 30 heavy (non-hydrogen) atoms. The molecular weight excluding hydrogens is 385 g/mol. The number of aromatic nitrogens is 1. The summed E-state index contributed by atoms with van der Waals surface area (Å²) in [5.74, 6) is 0.910. The normalized spacial score (nSPS) is 16.9. The molecule has 1 atom stereocenters. The quantitative estimate of drug-likeness (QED) is 0.538. The molecule has 1 fully saturated rings. The number of nitrogens with zero attached hydrogens (tertiary/aromatic N) is 3. The lowest BCUT2D eigenvalue weighted by Crippen LogP contribution is -2.47. The minimum Gasteiger partial charge on any atom is -0.453 e. The zero-order valence-electron chi connectivity index (χ0n) is 17.2. The lowest BCUT2D eigenvalue weighted by Gasteiger charge is -2.34. The van der Waals surface area contributed by atoms with Gasteiger partial charge >= 0.3 is 0 Å². The van der Waals surface area contributed by atoms with E-state index in [1.807, 2.05) is 6.92 Å². The number of guanidine groups is 1. The van der Waals surface area contributed by atoms with Crippen LogP contribution in [0.25, 0.3) is 0 Å². The van der Waals surface area contributed by atoms with Gasteiger partial charge in [-0.1, -0.05) is 6.07 Å². The van der Waals surface area contributed by atoms with E-state index in [-0.39, 0.29) is 17.6 Å². The molecule has 2 heterocycles. The summed E-state index contributed by atoms with van der Waals surface area (Å²) in [6, 6.07) is 8.29. The Balaban J connectivity index is 1.67. The monoisotopic (exact) mass is 413 g/mol. The fraction of sp³-hybridized carbons (Fsp3) is 0.409. The van der Waals surface area contributed by atoms with Gasteiger partial charge in [0.15, 0.2) is 17.5 Å². The zero-order valence-corrected chi connectivity index (χ0v) is 17.2. The van der Waals surface area contributed by atoms with E-state index >= 15 is 0 Å². The summed E-state index contributed by atoms with van der Waals surface area (Å²) in [6.07, 6.45) is 5.52. The third-order valence-electron chi connectivity index (χ3n) is 4.91. The van der Waals surface area contributed by atoms with Crippen molar-refractivity contribution in [2.45, 2.75) is 32.7 Å². The molecule has 0 saturated carbocycles. The molecule has 1 aromatic carbocycles. The maximum Gasteiger partial charge on any atom is 0.217 e. The molecule has 160 valence electrons. The summed E-state index contributed by atoms with van der Waals surface area (Å²) in [5.41, 5.74) is 6.10. The molecule has 1 saturated heterocycles. The number of primary amides is 1. The highest BCUT2D eigenvalue weighted by Gasteiger charge is 2.23. The number of carbonyl (C=O) groups excluding carboxylic acids is 1. The van der Waals surface area contributed by atoms with Gasteiger partial charge in [-0.3, -0.25) is 9.78 Å². The number of halogens is 1. The first kappa shape index (κ1) is 21.5. The first-order valence-corrected chi connectivity index (χ1v) is 10.2. The van der Waals surface area contributed by atoms with Crippen LogP contribution in [0.15, 0.2) is 47.7 Å². The highest BCUT2D eigenvalue weighted by molar-refractivity contribution is 5.80. The third kappa shape index (κ3) is 6.17. The highest BCUT2D eigenvalue weighted by Crippen LogP contribution is 2.25. The Morgan fingerprint density at radius 2 is 2.30 bits per heavy atom. The summed E-state index contributed by atoms with van der Waals surface area (Å²) in [5, 5.41) is 3.29. The smallest absolute Gasteiger partial charge is 0.217 e. The van der Waals surface area contributed by atoms with Crippen LogP contribution in [0.4, 0.5) is 4.39 Å². The fourth-order valence-corrected chi connectivity index (χ4v) is 3.56. The van der Waals surface area contributed by atoms with Crippen molar-refractivity contribution in [1.82, 2.24) is 15.2 Å². The van der Waals surface area contributed by atoms with E-state index in [1.165, 1.54) is 12.3 Å². The molecule has 0 bridgehead atoms. The van der Waals surface area contributed by atoms with Gasteiger partial charge in [-0.15, -0.1) is 0 Å². The van der Waals surface area contributed by atoms with Crippen molar-refractivity contribution in [3.05, 3.63) is 54.1 Å². The van der Waals surface area contributed by atoms with Gasteiger partial charge in [-0.05, 0) is 55.5 Å². The maximum absolute atomic E-state index is 14.5. The van der Waals surface area contributed by atoms with E-state index in [2.05, 4.69) is 20.2 Å². The Hall–Kier alpha value is -3.16. The predicted molar refractivity (Wildman–Crippen MR) is 114 cm³/mol. The Morgan fingerprint density at radius 3 is 3.00 bits per heavy atom. The van der Waals surface area contributed by atoms with Crippen molar-refractivity contribution >= 4 is 11.9 Å². The van der Waals surface area contributed by atoms with Crippen molar-refractivity contribution in [3.8, 4) is 11.5 Å². The molecule has 7 nitrogen and oxygen atoms in total. The topological polar surface area (TPSA) is 92.8 Å². The van der Waals surface area contributed by atoms with Crippen molar-refractivity contribution in [2.24, 2.45) is 16.6 Å². The van der Waals surface area contributed by atoms with Crippen molar-refractivity contribution in [3.63, 3.8) is 0 Å². The van der Waals surface area contributed by atoms with E-state index in [0.717, 1.165) is 44.0 Å². The standard InChI is InChI=1S/C22H28FN5O2/c1-2-26-22(28-10-4-5-17(15-28)12-21(24)29)27-13-16-7-8-20(19(23)11-16)30-18-6-3-9-25-14-18/h3,6-9,11,14,17H,2,4-5,10,12-13,15H2,1H3,(H2,24,29)(H,26,27). The number of amides is 1. The molecule has 8 heteroatoms. The van der Waals surface area contributed by atoms with Gasteiger partial charge in [0.05, 0.1) is 12.7 Å². The van der Waals surface area contributed by atoms with Gasteiger partial charge in [0.1, 0.15) is 5.75 Å². The number of ether oxygens (including phenoxy) is 1. The molecular formula is C22H28FN5O2. The number of carbonyl (C=O) groups is 1. The number of aliphatic imine (C=N–C) groups is 1. The van der Waals surface area contributed by atoms with E-state index in [1.54, 1.807) is 30.5 Å². The second-order valence-electron chi connectivity index (χ2n) is 7.35. The lowest BCUT2D eigenvalue weighted by molar-refractivity contribution is -0.119. The number of hydrogen-bond donors (Lipinski definition) is 2. The van der Waals surface area contributed by atoms with E-state index < -0.39 is 5.82 Å². The van der Waals surface area contributed by atoms with Crippen LogP contribution in [0.2, 0.25) is 0 Å². The van der Waals surface area contributed by atoms with Gasteiger partial charge in [-0.2, -0.15) is 0 Å². The molecule has 0 aliphatic carbocycles. The minimum atomic E-state index is -0.448. The molecule has 0 radical (unpaired) electrons. The van der Waals surface area contributed by atoms with Crippen molar-refractivity contribution < 1.29 is 13.9 Å². The molecule has 1 aromatic heterocycles. The molecule has 3 N–H and O–H groups in total. The number of piperidine rings is 1. The van der Waals surface area contributed by atoms with E-state index in [9.17, 15) is 9.18 Å². The Labute approximate surface area is 176 Å². The Kier molecular flexibility index (Phi) is 7.59. The van der Waals surface area contributed by atoms with Gasteiger partial charge < -0.3 is 20.7 Å². The largest absolute Gasteiger partial charge is 0.453 e. The minimum absolute atomic E-state index is 0.146. The number of rotatable bonds is 7. The van der Waals surface area contributed by atoms with Gasteiger partial charge in [-0.25, -0.2) is 9.38 Å². The summed E-state index contributed by atoms with van der Waals surface area (Å²) < 4.78 is 20.0. The number of pyridine rings is 1. The van der Waals surface area contributed by atoms with Crippen molar-refractivity contribution in [1.29, 1.82) is 0 Å². The second kappa shape index (κ2) is 10.6. The third-order valence-corrected chi connectivity index (χ3v) is 4.91. The lowest BCUT2D eigenvalue weighted by atomic mass is 9.95. The number of hydrogen-bond acceptors (Lipinski definition) is 4. The number of nitrogens with one attached hydrogen (secondary N) is 1. The highest BCUT2D eigenvalue weighted by atomic mass is 19.1. The molecule has 1 amide bonds. The van der Waals surface area contributed by atoms with E-state index in [4.69, 9.17) is 10.5 Å². The average Bonchev–Trinajstić information content (AvgIpc) is 2.73. The fourth-order valence-electron chi connectivity index (χ4n) is 3.56. The molecule has 1 unspecified atom stereocenters. The van der Waals surface area contributed by atoms with Gasteiger partial charge in [0.25, 0.3) is 0 Å². The van der Waals surface area contributed by atoms with Crippen LogP contribution < -0.4 is 15.8 Å². The number of nitrogens with two attached hydrogens (primary N) is 1. The van der Waals surface area contributed by atoms with Crippen LogP contribution in [0.3, 0.4) is 0 Å². The van der Waals surface area contributed by atoms with Crippen LogP contribution in [0, 0.1) is 11.7 Å². The Morgan fingerprint density at radius 1 is 1.43 bits per heavy atom. The maximum atomic E-state index is 14.5. The molecule has 3 rings (SSSR count). The number of benzene rings is 1. The zero-order chi connectivity index (χ0) is 21.3. The number of likely N-dealkylation sites (tertiary alicyclic amines) is 1. The van der Waals surface area contributed by atoms with Crippen LogP contribution >= 0.6 is 0 Å². The van der Waals surface area contributed by atoms with Gasteiger partial charge in [0.2, 0.25) is 5.91 Å². The summed E-state index contributed by atoms with van der Waals surface area (Å²) >= 11 is 0. The predicted octanol–water partition coefficient (Wildman–Crippen LogP) is 3.07. The molecule has 1 aliphatic heterocycles. The first-order valence-electron chi connectivity index (χ1n) is 10.2. The average molecular weight is 413 g/mol. The molecule has 2 aromatic rings. The summed E-state index contributed by atoms with van der Waals surface area (Å²) in [7, 11) is 0. The second-order valence-corrected chi connectivity index (χ2v) is 7.35. The van der Waals surface area contributed by atoms with Crippen LogP contribution in [0.1, 0.15) is 31.7 Å². The van der Waals surface area contributed by atoms with E-state index in [0.29, 0.717) is 18.7 Å². The van der Waals surface area contributed by atoms with Crippen molar-refractivity contribution in [2.75, 3.05) is 19.6 Å². The first-order chi connectivity index (χ1) is 14.5. The van der Waals surface area contributed by atoms with Crippen LogP contribution in [-0.4, -0.2) is 41.4 Å². The molecule has 1 aliphatic rings. The Bertz CT molecular complexity index is 875. The van der Waals surface area contributed by atoms with Crippen LogP contribution in [-0.2, 0) is 11.3 Å². The molecule has 0 spiro atoms. The van der Waals surface area contributed by atoms with Crippen LogP contribution in [0.5, 0.6) is 11.5 Å².